The molecule has 13 heavy (non-hydrogen) atoms. The minimum atomic E-state index is 0.0369. The minimum Gasteiger partial charge on any atom is -0.370 e. The average Bonchev–Trinajstić information content (AvgIpc) is 1.76. The average molecular weight is 183 g/mol. The van der Waals surface area contributed by atoms with Gasteiger partial charge in [0.1, 0.15) is 0 Å². The van der Waals surface area contributed by atoms with Gasteiger partial charge in [0.25, 0.3) is 0 Å². The van der Waals surface area contributed by atoms with E-state index in [0.29, 0.717) is 5.54 Å². The molecule has 0 aromatic carbocycles. The van der Waals surface area contributed by atoms with Crippen molar-refractivity contribution in [2.75, 3.05) is 6.54 Å². The van der Waals surface area contributed by atoms with Crippen LogP contribution < -0.4 is 5.32 Å². The number of rotatable bonds is 0. The molecule has 2 nitrogen and oxygen atoms in total. The van der Waals surface area contributed by atoms with Crippen LogP contribution in [0.5, 0.6) is 0 Å². The van der Waals surface area contributed by atoms with Gasteiger partial charge in [-0.25, -0.2) is 0 Å². The molecule has 2 fully saturated rings. The molecule has 1 N–H and O–H groups in total. The fraction of sp³-hybridized carbons (Fsp3) is 1.00. The van der Waals surface area contributed by atoms with E-state index in [1.54, 1.807) is 0 Å². The highest BCUT2D eigenvalue weighted by Crippen LogP contribution is 2.44. The van der Waals surface area contributed by atoms with Crippen LogP contribution in [0.2, 0.25) is 0 Å². The number of nitrogens with one attached hydrogen (secondary N) is 1. The summed E-state index contributed by atoms with van der Waals surface area (Å²) in [5.74, 6) is 0. The Kier molecular flexibility index (Phi) is 1.81. The Morgan fingerprint density at radius 2 is 1.46 bits per heavy atom. The van der Waals surface area contributed by atoms with Gasteiger partial charge in [0.05, 0.1) is 11.2 Å². The van der Waals surface area contributed by atoms with Crippen LogP contribution in [-0.2, 0) is 4.74 Å². The van der Waals surface area contributed by atoms with Gasteiger partial charge in [-0.2, -0.15) is 0 Å². The van der Waals surface area contributed by atoms with Crippen LogP contribution in [0.25, 0.3) is 0 Å². The first-order valence-electron chi connectivity index (χ1n) is 5.28. The Morgan fingerprint density at radius 3 is 1.77 bits per heavy atom. The molecule has 76 valence electrons. The van der Waals surface area contributed by atoms with Gasteiger partial charge in [0, 0.05) is 5.54 Å². The molecule has 0 aliphatic carbocycles. The zero-order chi connectivity index (χ0) is 9.74. The highest BCUT2D eigenvalue weighted by molar-refractivity contribution is 5.07. The Morgan fingerprint density at radius 1 is 1.00 bits per heavy atom. The second kappa shape index (κ2) is 2.48. The van der Waals surface area contributed by atoms with E-state index in [2.05, 4.69) is 33.0 Å². The Labute approximate surface area is 81.0 Å². The quantitative estimate of drug-likeness (QED) is 0.621. The Bertz CT molecular complexity index is 198. The van der Waals surface area contributed by atoms with E-state index in [4.69, 9.17) is 4.74 Å². The van der Waals surface area contributed by atoms with Crippen molar-refractivity contribution in [2.24, 2.45) is 0 Å². The van der Waals surface area contributed by atoms with Gasteiger partial charge in [0.15, 0.2) is 0 Å². The largest absolute Gasteiger partial charge is 0.370 e. The lowest BCUT2D eigenvalue weighted by Crippen LogP contribution is -2.66. The molecule has 0 aromatic heterocycles. The fourth-order valence-corrected chi connectivity index (χ4v) is 3.29. The summed E-state index contributed by atoms with van der Waals surface area (Å²) in [6.45, 7) is 10.0. The maximum absolute atomic E-state index is 6.05. The van der Waals surface area contributed by atoms with Crippen LogP contribution in [-0.4, -0.2) is 23.3 Å². The van der Waals surface area contributed by atoms with Crippen molar-refractivity contribution >= 4 is 0 Å². The third kappa shape index (κ3) is 1.75. The standard InChI is InChI=1S/C11H21NO/c1-9(2)7-11(5-6-12-11)8-10(3,4)13-9/h12H,5-8H2,1-4H3. The highest BCUT2D eigenvalue weighted by Gasteiger charge is 2.50. The first-order valence-corrected chi connectivity index (χ1v) is 5.28. The molecule has 0 atom stereocenters. The van der Waals surface area contributed by atoms with Gasteiger partial charge in [-0.1, -0.05) is 0 Å². The molecule has 0 unspecified atom stereocenters. The molecule has 2 heterocycles. The van der Waals surface area contributed by atoms with Crippen LogP contribution in [0, 0.1) is 0 Å². The molecule has 2 saturated heterocycles. The Balaban J connectivity index is 2.17. The predicted octanol–water partition coefficient (Wildman–Crippen LogP) is 2.09. The van der Waals surface area contributed by atoms with Crippen molar-refractivity contribution in [3.05, 3.63) is 0 Å². The van der Waals surface area contributed by atoms with Crippen molar-refractivity contribution in [3.8, 4) is 0 Å². The van der Waals surface area contributed by atoms with E-state index < -0.39 is 0 Å². The molecule has 0 saturated carbocycles. The lowest BCUT2D eigenvalue weighted by molar-refractivity contribution is -0.193. The highest BCUT2D eigenvalue weighted by atomic mass is 16.5. The molecule has 2 aliphatic heterocycles. The van der Waals surface area contributed by atoms with E-state index in [-0.39, 0.29) is 11.2 Å². The van der Waals surface area contributed by atoms with Crippen LogP contribution in [0.15, 0.2) is 0 Å². The Hall–Kier alpha value is -0.0800. The normalized spacial score (nSPS) is 34.2. The maximum atomic E-state index is 6.05. The zero-order valence-corrected chi connectivity index (χ0v) is 9.24. The molecule has 2 heteroatoms. The summed E-state index contributed by atoms with van der Waals surface area (Å²) in [5, 5.41) is 3.59. The monoisotopic (exact) mass is 183 g/mol. The summed E-state index contributed by atoms with van der Waals surface area (Å²) in [7, 11) is 0. The van der Waals surface area contributed by atoms with Crippen LogP contribution in [0.3, 0.4) is 0 Å². The summed E-state index contributed by atoms with van der Waals surface area (Å²) in [5.41, 5.74) is 0.468. The van der Waals surface area contributed by atoms with Crippen molar-refractivity contribution in [1.82, 2.24) is 5.32 Å². The molecular weight excluding hydrogens is 162 g/mol. The lowest BCUT2D eigenvalue weighted by Gasteiger charge is -2.56. The smallest absolute Gasteiger partial charge is 0.0651 e. The van der Waals surface area contributed by atoms with Gasteiger partial charge in [-0.3, -0.25) is 0 Å². The topological polar surface area (TPSA) is 21.3 Å². The molecule has 0 aromatic rings. The van der Waals surface area contributed by atoms with E-state index in [1.807, 2.05) is 0 Å². The molecule has 0 amide bonds. The van der Waals surface area contributed by atoms with Gasteiger partial charge >= 0.3 is 0 Å². The zero-order valence-electron chi connectivity index (χ0n) is 9.24. The third-order valence-electron chi connectivity index (χ3n) is 3.18. The second-order valence-electron chi connectivity index (χ2n) is 5.93. The summed E-state index contributed by atoms with van der Waals surface area (Å²) < 4.78 is 6.05. The van der Waals surface area contributed by atoms with Crippen molar-refractivity contribution in [2.45, 2.75) is 63.7 Å². The van der Waals surface area contributed by atoms with E-state index in [1.165, 1.54) is 13.0 Å². The number of ether oxygens (including phenoxy) is 1. The summed E-state index contributed by atoms with van der Waals surface area (Å²) in [4.78, 5) is 0. The molecule has 2 aliphatic rings. The van der Waals surface area contributed by atoms with Gasteiger partial charge < -0.3 is 10.1 Å². The SMILES string of the molecule is CC1(C)CC2(CCN2)CC(C)(C)O1. The number of hydrogen-bond donors (Lipinski definition) is 1. The molecule has 2 rings (SSSR count). The van der Waals surface area contributed by atoms with Crippen molar-refractivity contribution < 1.29 is 4.74 Å². The van der Waals surface area contributed by atoms with E-state index in [0.717, 1.165) is 12.8 Å². The summed E-state index contributed by atoms with van der Waals surface area (Å²) in [6.07, 6.45) is 3.64. The second-order valence-corrected chi connectivity index (χ2v) is 5.93. The maximum Gasteiger partial charge on any atom is 0.0651 e. The first kappa shape index (κ1) is 9.47. The predicted molar refractivity (Wildman–Crippen MR) is 53.8 cm³/mol. The first-order chi connectivity index (χ1) is 5.83. The molecule has 1 spiro atoms. The van der Waals surface area contributed by atoms with Gasteiger partial charge in [0.2, 0.25) is 0 Å². The molecule has 0 bridgehead atoms. The van der Waals surface area contributed by atoms with Crippen molar-refractivity contribution in [1.29, 1.82) is 0 Å². The van der Waals surface area contributed by atoms with E-state index in [9.17, 15) is 0 Å². The van der Waals surface area contributed by atoms with Crippen LogP contribution in [0.4, 0.5) is 0 Å². The number of hydrogen-bond acceptors (Lipinski definition) is 2. The van der Waals surface area contributed by atoms with Crippen LogP contribution in [0.1, 0.15) is 47.0 Å². The van der Waals surface area contributed by atoms with Crippen molar-refractivity contribution in [3.63, 3.8) is 0 Å². The van der Waals surface area contributed by atoms with Crippen LogP contribution >= 0.6 is 0 Å². The third-order valence-corrected chi connectivity index (χ3v) is 3.18. The van der Waals surface area contributed by atoms with Gasteiger partial charge in [-0.15, -0.1) is 0 Å². The minimum absolute atomic E-state index is 0.0369. The summed E-state index contributed by atoms with van der Waals surface area (Å²) in [6, 6.07) is 0. The molecule has 0 radical (unpaired) electrons. The fourth-order valence-electron chi connectivity index (χ4n) is 3.29. The lowest BCUT2D eigenvalue weighted by atomic mass is 9.69. The summed E-state index contributed by atoms with van der Waals surface area (Å²) >= 11 is 0. The molecular formula is C11H21NO. The van der Waals surface area contributed by atoms with Gasteiger partial charge in [-0.05, 0) is 53.5 Å². The van der Waals surface area contributed by atoms with E-state index >= 15 is 0 Å².